The number of amides is 1. The van der Waals surface area contributed by atoms with Gasteiger partial charge in [0.2, 0.25) is 0 Å². The number of aryl methyl sites for hydroxylation is 1. The molecule has 2 rings (SSSR count). The highest BCUT2D eigenvalue weighted by Gasteiger charge is 2.10. The minimum Gasteiger partial charge on any atom is -0.331 e. The van der Waals surface area contributed by atoms with E-state index in [0.29, 0.717) is 24.1 Å². The number of carbonyl (C=O) groups is 1. The maximum absolute atomic E-state index is 11.9. The number of rotatable bonds is 4. The Morgan fingerprint density at radius 3 is 3.00 bits per heavy atom. The molecule has 0 unspecified atom stereocenters. The number of nitrogens with zero attached hydrogens (tertiary/aromatic N) is 2. The molecule has 0 bridgehead atoms. The van der Waals surface area contributed by atoms with Crippen LogP contribution in [0.4, 0.5) is 0 Å². The van der Waals surface area contributed by atoms with E-state index in [1.807, 2.05) is 10.6 Å². The van der Waals surface area contributed by atoms with Crippen molar-refractivity contribution in [1.82, 2.24) is 14.9 Å². The van der Waals surface area contributed by atoms with Gasteiger partial charge in [-0.1, -0.05) is 0 Å². The van der Waals surface area contributed by atoms with Crippen LogP contribution in [0.1, 0.15) is 16.8 Å². The summed E-state index contributed by atoms with van der Waals surface area (Å²) in [6, 6.07) is 5.23. The molecule has 0 aliphatic rings. The molecule has 0 saturated heterocycles. The van der Waals surface area contributed by atoms with E-state index in [-0.39, 0.29) is 11.1 Å². The molecular formula is C12H16N6OS. The van der Waals surface area contributed by atoms with Gasteiger partial charge < -0.3 is 15.6 Å². The van der Waals surface area contributed by atoms with Gasteiger partial charge in [-0.25, -0.2) is 4.98 Å². The average Bonchev–Trinajstić information content (AvgIpc) is 2.87. The second-order valence-corrected chi connectivity index (χ2v) is 4.83. The quantitative estimate of drug-likeness (QED) is 0.374. The van der Waals surface area contributed by atoms with Gasteiger partial charge in [0.15, 0.2) is 5.17 Å². The highest BCUT2D eigenvalue weighted by molar-refractivity contribution is 8.11. The van der Waals surface area contributed by atoms with Gasteiger partial charge in [0, 0.05) is 12.1 Å². The molecule has 1 heterocycles. The zero-order chi connectivity index (χ0) is 14.5. The number of imidazole rings is 1. The molecule has 6 N–H and O–H groups in total. The molecule has 1 amide bonds. The molecule has 1 aromatic heterocycles. The number of benzene rings is 1. The average molecular weight is 292 g/mol. The highest BCUT2D eigenvalue weighted by atomic mass is 32.2. The lowest BCUT2D eigenvalue weighted by Gasteiger charge is -2.05. The summed E-state index contributed by atoms with van der Waals surface area (Å²) in [7, 11) is 0. The predicted molar refractivity (Wildman–Crippen MR) is 80.4 cm³/mol. The molecule has 7 nitrogen and oxygen atoms in total. The third kappa shape index (κ3) is 3.16. The Bertz CT molecular complexity index is 638. The van der Waals surface area contributed by atoms with Crippen LogP contribution in [0, 0.1) is 5.41 Å². The lowest BCUT2D eigenvalue weighted by Crippen LogP contribution is -2.28. The Morgan fingerprint density at radius 2 is 2.30 bits per heavy atom. The van der Waals surface area contributed by atoms with Crippen LogP contribution < -0.4 is 16.2 Å². The lowest BCUT2D eigenvalue weighted by molar-refractivity contribution is 0.0978. The zero-order valence-electron chi connectivity index (χ0n) is 10.8. The number of nitrogens with one attached hydrogen (secondary N) is 2. The fourth-order valence-electron chi connectivity index (χ4n) is 1.85. The van der Waals surface area contributed by atoms with Crippen LogP contribution in [0.5, 0.6) is 0 Å². The van der Waals surface area contributed by atoms with Crippen molar-refractivity contribution in [2.24, 2.45) is 10.9 Å². The molecule has 0 radical (unpaired) electrons. The molecule has 0 spiro atoms. The monoisotopic (exact) mass is 292 g/mol. The van der Waals surface area contributed by atoms with E-state index in [9.17, 15) is 4.79 Å². The third-order valence-corrected chi connectivity index (χ3v) is 3.17. The van der Waals surface area contributed by atoms with E-state index >= 15 is 0 Å². The van der Waals surface area contributed by atoms with Crippen molar-refractivity contribution in [2.75, 3.05) is 6.54 Å². The van der Waals surface area contributed by atoms with Gasteiger partial charge in [0.05, 0.1) is 17.4 Å². The van der Waals surface area contributed by atoms with Crippen LogP contribution in [0.15, 0.2) is 24.5 Å². The van der Waals surface area contributed by atoms with Gasteiger partial charge in [-0.05, 0) is 43.1 Å². The van der Waals surface area contributed by atoms with Crippen molar-refractivity contribution in [3.8, 4) is 0 Å². The van der Waals surface area contributed by atoms with Gasteiger partial charge >= 0.3 is 0 Å². The fraction of sp³-hybridized carbons (Fsp3) is 0.250. The smallest absolute Gasteiger partial charge is 0.257 e. The molecular weight excluding hydrogens is 276 g/mol. The number of amidine groups is 1. The van der Waals surface area contributed by atoms with Crippen LogP contribution >= 0.6 is 11.9 Å². The maximum Gasteiger partial charge on any atom is 0.257 e. The minimum atomic E-state index is -0.369. The van der Waals surface area contributed by atoms with Crippen LogP contribution in [0.3, 0.4) is 0 Å². The van der Waals surface area contributed by atoms with Crippen molar-refractivity contribution >= 4 is 34.1 Å². The predicted octanol–water partition coefficient (Wildman–Crippen LogP) is 0.657. The van der Waals surface area contributed by atoms with Crippen molar-refractivity contribution in [2.45, 2.75) is 13.0 Å². The molecule has 0 saturated carbocycles. The molecule has 1 aromatic carbocycles. The molecule has 106 valence electrons. The molecule has 20 heavy (non-hydrogen) atoms. The largest absolute Gasteiger partial charge is 0.331 e. The van der Waals surface area contributed by atoms with Crippen LogP contribution in [0.2, 0.25) is 0 Å². The number of hydrogen-bond donors (Lipinski definition) is 4. The van der Waals surface area contributed by atoms with Gasteiger partial charge in [0.1, 0.15) is 0 Å². The SMILES string of the molecule is N=C(NC(=O)c1ccc2c(c1)ncn2CCCN)SN. The van der Waals surface area contributed by atoms with Crippen LogP contribution in [-0.2, 0) is 6.54 Å². The Morgan fingerprint density at radius 1 is 1.50 bits per heavy atom. The second-order valence-electron chi connectivity index (χ2n) is 4.18. The Balaban J connectivity index is 2.22. The summed E-state index contributed by atoms with van der Waals surface area (Å²) in [4.78, 5) is 16.1. The number of fused-ring (bicyclic) bond motifs is 1. The number of aromatic nitrogens is 2. The maximum atomic E-state index is 11.9. The topological polar surface area (TPSA) is 123 Å². The number of hydrogen-bond acceptors (Lipinski definition) is 6. The zero-order valence-corrected chi connectivity index (χ0v) is 11.6. The van der Waals surface area contributed by atoms with Crippen molar-refractivity contribution in [3.63, 3.8) is 0 Å². The first-order valence-corrected chi connectivity index (χ1v) is 6.95. The second kappa shape index (κ2) is 6.51. The molecule has 2 aromatic rings. The number of nitrogens with two attached hydrogens (primary N) is 2. The molecule has 0 fully saturated rings. The van der Waals surface area contributed by atoms with E-state index in [1.165, 1.54) is 0 Å². The first kappa shape index (κ1) is 14.5. The first-order valence-electron chi connectivity index (χ1n) is 6.07. The van der Waals surface area contributed by atoms with Crippen molar-refractivity contribution in [3.05, 3.63) is 30.1 Å². The van der Waals surface area contributed by atoms with Crippen molar-refractivity contribution < 1.29 is 4.79 Å². The summed E-state index contributed by atoms with van der Waals surface area (Å²) < 4.78 is 2.00. The van der Waals surface area contributed by atoms with Gasteiger partial charge in [-0.3, -0.25) is 15.3 Å². The first-order chi connectivity index (χ1) is 9.65. The third-order valence-electron chi connectivity index (χ3n) is 2.83. The van der Waals surface area contributed by atoms with Gasteiger partial charge in [-0.2, -0.15) is 0 Å². The van der Waals surface area contributed by atoms with Gasteiger partial charge in [0.25, 0.3) is 5.91 Å². The molecule has 0 atom stereocenters. The lowest BCUT2D eigenvalue weighted by atomic mass is 10.2. The summed E-state index contributed by atoms with van der Waals surface area (Å²) in [6.45, 7) is 1.42. The number of carbonyl (C=O) groups excluding carboxylic acids is 1. The van der Waals surface area contributed by atoms with E-state index in [1.54, 1.807) is 18.5 Å². The standard InChI is InChI=1S/C12H16N6OS/c13-4-1-5-18-7-16-9-6-8(2-3-10(9)18)11(19)17-12(14)20-15/h2-3,6-7H,1,4-5,13,15H2,(H2,14,17,19). The van der Waals surface area contributed by atoms with Crippen LogP contribution in [0.25, 0.3) is 11.0 Å². The van der Waals surface area contributed by atoms with E-state index < -0.39 is 0 Å². The molecule has 0 aliphatic carbocycles. The fourth-order valence-corrected chi connectivity index (χ4v) is 2.00. The van der Waals surface area contributed by atoms with E-state index in [0.717, 1.165) is 24.0 Å². The summed E-state index contributed by atoms with van der Waals surface area (Å²) >= 11 is 0.684. The molecule has 0 aliphatic heterocycles. The van der Waals surface area contributed by atoms with E-state index in [4.69, 9.17) is 16.3 Å². The Hall–Kier alpha value is -1.90. The van der Waals surface area contributed by atoms with E-state index in [2.05, 4.69) is 10.3 Å². The summed E-state index contributed by atoms with van der Waals surface area (Å²) in [5.41, 5.74) is 7.63. The summed E-state index contributed by atoms with van der Waals surface area (Å²) in [5.74, 6) is -0.369. The Labute approximate surface area is 120 Å². The van der Waals surface area contributed by atoms with Crippen molar-refractivity contribution in [1.29, 1.82) is 5.41 Å². The normalized spacial score (nSPS) is 10.7. The van der Waals surface area contributed by atoms with Crippen LogP contribution in [-0.4, -0.2) is 27.2 Å². The summed E-state index contributed by atoms with van der Waals surface area (Å²) in [5, 5.41) is 14.8. The highest BCUT2D eigenvalue weighted by Crippen LogP contribution is 2.15. The Kier molecular flexibility index (Phi) is 4.72. The van der Waals surface area contributed by atoms with Gasteiger partial charge in [-0.15, -0.1) is 0 Å². The minimum absolute atomic E-state index is 0.0939. The summed E-state index contributed by atoms with van der Waals surface area (Å²) in [6.07, 6.45) is 2.61. The molecule has 8 heteroatoms.